The summed E-state index contributed by atoms with van der Waals surface area (Å²) in [6.07, 6.45) is -0.157. The molecule has 0 bridgehead atoms. The number of rotatable bonds is 5. The van der Waals surface area contributed by atoms with Crippen molar-refractivity contribution in [3.8, 4) is 11.5 Å². The smallest absolute Gasteiger partial charge is 0.259 e. The van der Waals surface area contributed by atoms with Gasteiger partial charge in [-0.05, 0) is 49.6 Å². The maximum atomic E-state index is 12.8. The van der Waals surface area contributed by atoms with Crippen molar-refractivity contribution in [1.29, 1.82) is 0 Å². The molecule has 0 radical (unpaired) electrons. The Morgan fingerprint density at radius 2 is 1.79 bits per heavy atom. The van der Waals surface area contributed by atoms with Crippen LogP contribution in [0.2, 0.25) is 0 Å². The summed E-state index contributed by atoms with van der Waals surface area (Å²) in [6.45, 7) is 3.72. The van der Waals surface area contributed by atoms with Gasteiger partial charge in [-0.1, -0.05) is 24.3 Å². The first-order valence-corrected chi connectivity index (χ1v) is 8.77. The van der Waals surface area contributed by atoms with E-state index in [0.29, 0.717) is 17.1 Å². The van der Waals surface area contributed by atoms with E-state index in [0.717, 1.165) is 10.8 Å². The van der Waals surface area contributed by atoms with Crippen LogP contribution in [0.15, 0.2) is 59.6 Å². The molecule has 6 N–H and O–H groups in total. The van der Waals surface area contributed by atoms with Crippen molar-refractivity contribution in [2.75, 3.05) is 5.32 Å². The minimum atomic E-state index is -0.452. The molecule has 0 spiro atoms. The third-order valence-electron chi connectivity index (χ3n) is 3.96. The van der Waals surface area contributed by atoms with E-state index in [2.05, 4.69) is 10.3 Å². The summed E-state index contributed by atoms with van der Waals surface area (Å²) in [7, 11) is 0. The number of phenols is 1. The normalized spacial score (nSPS) is 10.7. The first-order chi connectivity index (χ1) is 13.3. The third kappa shape index (κ3) is 4.15. The monoisotopic (exact) mass is 378 g/mol. The topological polar surface area (TPSA) is 123 Å². The molecule has 7 nitrogen and oxygen atoms in total. The van der Waals surface area contributed by atoms with Gasteiger partial charge in [-0.15, -0.1) is 0 Å². The number of hydrogen-bond acceptors (Lipinski definition) is 4. The van der Waals surface area contributed by atoms with E-state index in [4.69, 9.17) is 16.2 Å². The van der Waals surface area contributed by atoms with Gasteiger partial charge in [0.1, 0.15) is 0 Å². The van der Waals surface area contributed by atoms with Crippen LogP contribution in [-0.2, 0) is 0 Å². The van der Waals surface area contributed by atoms with Crippen LogP contribution in [0.25, 0.3) is 10.8 Å². The Kier molecular flexibility index (Phi) is 5.35. The largest absolute Gasteiger partial charge is 0.504 e. The summed E-state index contributed by atoms with van der Waals surface area (Å²) < 4.78 is 5.78. The summed E-state index contributed by atoms with van der Waals surface area (Å²) in [6, 6.07) is 15.7. The van der Waals surface area contributed by atoms with E-state index in [-0.39, 0.29) is 23.4 Å². The highest BCUT2D eigenvalue weighted by Crippen LogP contribution is 2.39. The van der Waals surface area contributed by atoms with E-state index < -0.39 is 5.91 Å². The molecular weight excluding hydrogens is 356 g/mol. The number of nitrogens with zero attached hydrogens (tertiary/aromatic N) is 1. The summed E-state index contributed by atoms with van der Waals surface area (Å²) in [5.74, 6) is -0.398. The summed E-state index contributed by atoms with van der Waals surface area (Å²) in [5.41, 5.74) is 11.9. The van der Waals surface area contributed by atoms with Crippen molar-refractivity contribution in [1.82, 2.24) is 0 Å². The number of carbonyl (C=O) groups is 1. The minimum Gasteiger partial charge on any atom is -0.504 e. The molecule has 0 fully saturated rings. The number of fused-ring (bicyclic) bond motifs is 1. The molecule has 3 aromatic carbocycles. The minimum absolute atomic E-state index is 0.0458. The second-order valence-corrected chi connectivity index (χ2v) is 6.53. The molecule has 0 atom stereocenters. The number of guanidine groups is 1. The molecule has 0 heterocycles. The van der Waals surface area contributed by atoms with Crippen molar-refractivity contribution >= 4 is 34.0 Å². The number of aromatic hydroxyl groups is 1. The molecule has 3 rings (SSSR count). The van der Waals surface area contributed by atoms with Gasteiger partial charge in [0.05, 0.1) is 17.4 Å². The quantitative estimate of drug-likeness (QED) is 0.400. The van der Waals surface area contributed by atoms with E-state index in [1.54, 1.807) is 30.3 Å². The van der Waals surface area contributed by atoms with Gasteiger partial charge in [0.25, 0.3) is 5.91 Å². The van der Waals surface area contributed by atoms with Crippen LogP contribution in [0.4, 0.5) is 11.4 Å². The van der Waals surface area contributed by atoms with E-state index >= 15 is 0 Å². The molecule has 3 aromatic rings. The fourth-order valence-electron chi connectivity index (χ4n) is 2.80. The zero-order valence-corrected chi connectivity index (χ0v) is 15.6. The molecule has 0 aliphatic rings. The number of amides is 1. The summed E-state index contributed by atoms with van der Waals surface area (Å²) in [5, 5.41) is 15.0. The number of hydrogen-bond donors (Lipinski definition) is 4. The molecule has 144 valence electrons. The van der Waals surface area contributed by atoms with Crippen molar-refractivity contribution in [2.45, 2.75) is 20.0 Å². The van der Waals surface area contributed by atoms with Crippen LogP contribution in [-0.4, -0.2) is 23.1 Å². The zero-order valence-electron chi connectivity index (χ0n) is 15.6. The van der Waals surface area contributed by atoms with Gasteiger partial charge in [-0.3, -0.25) is 4.79 Å². The van der Waals surface area contributed by atoms with Crippen LogP contribution in [0.5, 0.6) is 11.5 Å². The number of anilines is 1. The van der Waals surface area contributed by atoms with Crippen molar-refractivity contribution < 1.29 is 14.6 Å². The van der Waals surface area contributed by atoms with Crippen LogP contribution in [0.3, 0.4) is 0 Å². The second kappa shape index (κ2) is 7.87. The molecule has 28 heavy (non-hydrogen) atoms. The number of phenolic OH excluding ortho intramolecular Hbond substituents is 1. The van der Waals surface area contributed by atoms with Gasteiger partial charge in [-0.25, -0.2) is 4.99 Å². The molecule has 7 heteroatoms. The number of benzene rings is 3. The fourth-order valence-corrected chi connectivity index (χ4v) is 2.80. The molecule has 0 aliphatic carbocycles. The average Bonchev–Trinajstić information content (AvgIpc) is 2.64. The fraction of sp³-hybridized carbons (Fsp3) is 0.143. The zero-order chi connectivity index (χ0) is 20.3. The molecule has 0 aromatic heterocycles. The van der Waals surface area contributed by atoms with Gasteiger partial charge in [0.2, 0.25) is 0 Å². The second-order valence-electron chi connectivity index (χ2n) is 6.53. The van der Waals surface area contributed by atoms with E-state index in [1.165, 1.54) is 0 Å². The van der Waals surface area contributed by atoms with Crippen LogP contribution in [0.1, 0.15) is 24.2 Å². The van der Waals surface area contributed by atoms with E-state index in [9.17, 15) is 9.90 Å². The number of aliphatic imine (C=N–C) groups is 1. The first kappa shape index (κ1) is 19.0. The van der Waals surface area contributed by atoms with Crippen LogP contribution in [0, 0.1) is 0 Å². The number of carbonyl (C=O) groups excluding carboxylic acids is 1. The maximum absolute atomic E-state index is 12.8. The van der Waals surface area contributed by atoms with Gasteiger partial charge < -0.3 is 26.6 Å². The van der Waals surface area contributed by atoms with Gasteiger partial charge >= 0.3 is 0 Å². The highest BCUT2D eigenvalue weighted by molar-refractivity contribution is 6.10. The van der Waals surface area contributed by atoms with Crippen molar-refractivity contribution in [3.05, 3.63) is 60.2 Å². The van der Waals surface area contributed by atoms with Gasteiger partial charge in [-0.2, -0.15) is 0 Å². The van der Waals surface area contributed by atoms with Gasteiger partial charge in [0.15, 0.2) is 17.5 Å². The summed E-state index contributed by atoms with van der Waals surface area (Å²) in [4.78, 5) is 16.7. The van der Waals surface area contributed by atoms with Crippen LogP contribution >= 0.6 is 0 Å². The predicted molar refractivity (Wildman–Crippen MR) is 111 cm³/mol. The summed E-state index contributed by atoms with van der Waals surface area (Å²) >= 11 is 0. The molecule has 1 amide bonds. The standard InChI is InChI=1S/C21H22N4O3/c1-12(2)28-19-16-6-4-3-5-13(16)11-17(18(19)26)20(27)24-14-7-9-15(10-8-14)25-21(22)23/h3-12,26H,1-2H3,(H,24,27)(H4,22,23,25). The molecule has 0 saturated heterocycles. The number of nitrogens with two attached hydrogens (primary N) is 2. The van der Waals surface area contributed by atoms with Crippen LogP contribution < -0.4 is 21.5 Å². The Bertz CT molecular complexity index is 1040. The Balaban J connectivity index is 1.95. The highest BCUT2D eigenvalue weighted by atomic mass is 16.5. The predicted octanol–water partition coefficient (Wildman–Crippen LogP) is 3.49. The average molecular weight is 378 g/mol. The SMILES string of the molecule is CC(C)Oc1c(O)c(C(=O)Nc2ccc(N=C(N)N)cc2)cc2ccccc12. The molecule has 0 unspecified atom stereocenters. The molecular formula is C21H22N4O3. The van der Waals surface area contributed by atoms with E-state index in [1.807, 2.05) is 38.1 Å². The highest BCUT2D eigenvalue weighted by Gasteiger charge is 2.20. The van der Waals surface area contributed by atoms with Crippen molar-refractivity contribution in [3.63, 3.8) is 0 Å². The lowest BCUT2D eigenvalue weighted by atomic mass is 10.0. The Morgan fingerprint density at radius 3 is 2.43 bits per heavy atom. The lowest BCUT2D eigenvalue weighted by Gasteiger charge is -2.17. The Morgan fingerprint density at radius 1 is 1.11 bits per heavy atom. The first-order valence-electron chi connectivity index (χ1n) is 8.77. The molecule has 0 aliphatic heterocycles. The third-order valence-corrected chi connectivity index (χ3v) is 3.96. The Hall–Kier alpha value is -3.74. The van der Waals surface area contributed by atoms with Crippen molar-refractivity contribution in [2.24, 2.45) is 16.5 Å². The molecule has 0 saturated carbocycles. The Labute approximate surface area is 162 Å². The number of nitrogens with one attached hydrogen (secondary N) is 1. The lowest BCUT2D eigenvalue weighted by molar-refractivity contribution is 0.102. The maximum Gasteiger partial charge on any atom is 0.259 e. The lowest BCUT2D eigenvalue weighted by Crippen LogP contribution is -2.21. The number of ether oxygens (including phenoxy) is 1. The van der Waals surface area contributed by atoms with Gasteiger partial charge in [0, 0.05) is 11.1 Å².